The van der Waals surface area contributed by atoms with E-state index in [0.29, 0.717) is 52.4 Å². The van der Waals surface area contributed by atoms with E-state index < -0.39 is 11.6 Å². The van der Waals surface area contributed by atoms with Crippen LogP contribution in [0.15, 0.2) is 42.7 Å². The predicted molar refractivity (Wildman–Crippen MR) is 152 cm³/mol. The summed E-state index contributed by atoms with van der Waals surface area (Å²) in [6.45, 7) is 3.21. The van der Waals surface area contributed by atoms with Gasteiger partial charge < -0.3 is 15.6 Å². The lowest BCUT2D eigenvalue weighted by atomic mass is 9.85. The zero-order valence-electron chi connectivity index (χ0n) is 23.4. The normalized spacial score (nSPS) is 19.7. The third-order valence-corrected chi connectivity index (χ3v) is 8.50. The number of carbonyl (C=O) groups is 2. The number of pyridine rings is 1. The number of rotatable bonds is 5. The van der Waals surface area contributed by atoms with Gasteiger partial charge in [0, 0.05) is 47.0 Å². The minimum Gasteiger partial charge on any atom is -0.383 e. The van der Waals surface area contributed by atoms with Crippen molar-refractivity contribution in [2.45, 2.75) is 57.5 Å². The highest BCUT2D eigenvalue weighted by Crippen LogP contribution is 2.45. The summed E-state index contributed by atoms with van der Waals surface area (Å²) in [5.74, 6) is -0.854. The van der Waals surface area contributed by atoms with Crippen molar-refractivity contribution in [3.8, 4) is 22.4 Å². The third-order valence-electron chi connectivity index (χ3n) is 8.50. The number of halogens is 2. The van der Waals surface area contributed by atoms with E-state index in [2.05, 4.69) is 25.3 Å². The summed E-state index contributed by atoms with van der Waals surface area (Å²) in [5, 5.41) is 12.3. The molecule has 2 bridgehead atoms. The summed E-state index contributed by atoms with van der Waals surface area (Å²) >= 11 is 0. The summed E-state index contributed by atoms with van der Waals surface area (Å²) < 4.78 is 29.2. The number of nitrogen functional groups attached to an aromatic ring is 1. The van der Waals surface area contributed by atoms with E-state index in [4.69, 9.17) is 10.7 Å². The maximum atomic E-state index is 14.3. The lowest BCUT2D eigenvalue weighted by Crippen LogP contribution is -2.46. The summed E-state index contributed by atoms with van der Waals surface area (Å²) in [6.07, 6.45) is 6.12. The number of H-pyrrole nitrogens is 1. The molecule has 4 aromatic heterocycles. The van der Waals surface area contributed by atoms with Crippen molar-refractivity contribution in [1.29, 1.82) is 0 Å². The van der Waals surface area contributed by atoms with Gasteiger partial charge in [0.25, 0.3) is 5.91 Å². The molecule has 2 saturated heterocycles. The number of nitrogens with two attached hydrogens (primary N) is 1. The van der Waals surface area contributed by atoms with E-state index >= 15 is 0 Å². The van der Waals surface area contributed by atoms with Crippen LogP contribution >= 0.6 is 0 Å². The first kappa shape index (κ1) is 26.8. The number of hydrogen-bond donors (Lipinski definition) is 2. The standard InChI is InChI=1S/C30H27F2N9O2/c1-14(42)25-26(17-9-19-5-6-20(10-17)40(19)30(43)28-36-15(2)38-39-28)37-29-22(13-35-41(29)27(25)33)16-3-8-24(34-12-16)21-7-4-18(31)11-23(21)32/h3-4,7-8,11-13,17,19-20H,5-6,9-10,33H2,1-2H3,(H,36,38,39)/t17-,19+,20-. The number of piperidine rings is 1. The number of anilines is 1. The molecule has 0 unspecified atom stereocenters. The van der Waals surface area contributed by atoms with Gasteiger partial charge in [0.05, 0.1) is 23.1 Å². The van der Waals surface area contributed by atoms with E-state index in [1.54, 1.807) is 31.5 Å². The Morgan fingerprint density at radius 2 is 1.79 bits per heavy atom. The number of benzene rings is 1. The predicted octanol–water partition coefficient (Wildman–Crippen LogP) is 4.50. The van der Waals surface area contributed by atoms with E-state index in [0.717, 1.165) is 18.9 Å². The molecule has 1 amide bonds. The third kappa shape index (κ3) is 4.42. The Bertz CT molecular complexity index is 1900. The summed E-state index contributed by atoms with van der Waals surface area (Å²) in [7, 11) is 0. The summed E-state index contributed by atoms with van der Waals surface area (Å²) in [6, 6.07) is 6.68. The van der Waals surface area contributed by atoms with Crippen LogP contribution in [-0.2, 0) is 0 Å². The molecule has 3 N–H and O–H groups in total. The zero-order chi connectivity index (χ0) is 30.0. The first-order valence-electron chi connectivity index (χ1n) is 14.0. The number of aromatic amines is 1. The highest BCUT2D eigenvalue weighted by atomic mass is 19.1. The van der Waals surface area contributed by atoms with Gasteiger partial charge in [-0.1, -0.05) is 6.07 Å². The second-order valence-electron chi connectivity index (χ2n) is 11.2. The molecule has 2 aliphatic heterocycles. The first-order chi connectivity index (χ1) is 20.7. The monoisotopic (exact) mass is 583 g/mol. The van der Waals surface area contributed by atoms with Gasteiger partial charge in [-0.15, -0.1) is 10.2 Å². The number of hydrogen-bond acceptors (Lipinski definition) is 8. The van der Waals surface area contributed by atoms with E-state index in [-0.39, 0.29) is 46.9 Å². The lowest BCUT2D eigenvalue weighted by molar-refractivity contribution is 0.0556. The molecule has 7 rings (SSSR count). The van der Waals surface area contributed by atoms with Gasteiger partial charge in [-0.05, 0) is 57.7 Å². The molecule has 2 fully saturated rings. The number of ketones is 1. The van der Waals surface area contributed by atoms with Gasteiger partial charge in [-0.25, -0.2) is 13.8 Å². The zero-order valence-corrected chi connectivity index (χ0v) is 23.4. The average molecular weight is 584 g/mol. The molecule has 1 aromatic carbocycles. The Hall–Kier alpha value is -5.07. The molecule has 3 atom stereocenters. The van der Waals surface area contributed by atoms with Crippen LogP contribution < -0.4 is 5.73 Å². The molecule has 0 aliphatic carbocycles. The number of Topliss-reactive ketones (excluding diaryl/α,β-unsaturated/α-hetero) is 1. The van der Waals surface area contributed by atoms with Crippen molar-refractivity contribution in [3.63, 3.8) is 0 Å². The fourth-order valence-corrected chi connectivity index (χ4v) is 6.60. The molecule has 5 aromatic rings. The smallest absolute Gasteiger partial charge is 0.292 e. The van der Waals surface area contributed by atoms with Gasteiger partial charge in [-0.2, -0.15) is 9.61 Å². The van der Waals surface area contributed by atoms with Gasteiger partial charge in [0.1, 0.15) is 23.3 Å². The molecule has 43 heavy (non-hydrogen) atoms. The minimum absolute atomic E-state index is 0.0336. The number of amides is 1. The average Bonchev–Trinajstić information content (AvgIpc) is 3.68. The number of aromatic nitrogens is 7. The lowest BCUT2D eigenvalue weighted by Gasteiger charge is -2.38. The van der Waals surface area contributed by atoms with E-state index in [1.807, 2.05) is 4.90 Å². The van der Waals surface area contributed by atoms with Gasteiger partial charge in [-0.3, -0.25) is 14.6 Å². The number of aryl methyl sites for hydroxylation is 1. The first-order valence-corrected chi connectivity index (χ1v) is 14.0. The molecule has 0 saturated carbocycles. The number of carbonyl (C=O) groups excluding carboxylic acids is 2. The topological polar surface area (TPSA) is 148 Å². The Morgan fingerprint density at radius 3 is 2.42 bits per heavy atom. The quantitative estimate of drug-likeness (QED) is 0.288. The largest absolute Gasteiger partial charge is 0.383 e. The van der Waals surface area contributed by atoms with Crippen molar-refractivity contribution >= 4 is 23.2 Å². The maximum Gasteiger partial charge on any atom is 0.292 e. The fourth-order valence-electron chi connectivity index (χ4n) is 6.60. The van der Waals surface area contributed by atoms with E-state index in [1.165, 1.54) is 23.6 Å². The molecule has 11 nitrogen and oxygen atoms in total. The Kier molecular flexibility index (Phi) is 6.26. The molecule has 13 heteroatoms. The molecular weight excluding hydrogens is 556 g/mol. The van der Waals surface area contributed by atoms with Crippen LogP contribution in [0.2, 0.25) is 0 Å². The Labute approximate surface area is 244 Å². The number of nitrogens with one attached hydrogen (secondary N) is 1. The second-order valence-corrected chi connectivity index (χ2v) is 11.2. The van der Waals surface area contributed by atoms with E-state index in [9.17, 15) is 18.4 Å². The Balaban J connectivity index is 1.24. The number of fused-ring (bicyclic) bond motifs is 3. The highest BCUT2D eigenvalue weighted by Gasteiger charge is 2.46. The summed E-state index contributed by atoms with van der Waals surface area (Å²) in [4.78, 5) is 40.4. The molecule has 0 spiro atoms. The highest BCUT2D eigenvalue weighted by molar-refractivity contribution is 6.00. The van der Waals surface area contributed by atoms with Crippen molar-refractivity contribution in [2.75, 3.05) is 5.73 Å². The van der Waals surface area contributed by atoms with Crippen molar-refractivity contribution in [3.05, 3.63) is 77.3 Å². The van der Waals surface area contributed by atoms with Crippen LogP contribution in [-0.4, -0.2) is 63.4 Å². The van der Waals surface area contributed by atoms with Crippen LogP contribution in [0.5, 0.6) is 0 Å². The molecule has 0 radical (unpaired) electrons. The maximum absolute atomic E-state index is 14.3. The van der Waals surface area contributed by atoms with Crippen LogP contribution in [0.3, 0.4) is 0 Å². The van der Waals surface area contributed by atoms with Gasteiger partial charge in [0.15, 0.2) is 11.4 Å². The van der Waals surface area contributed by atoms with Crippen molar-refractivity contribution in [2.24, 2.45) is 0 Å². The van der Waals surface area contributed by atoms with Crippen molar-refractivity contribution < 1.29 is 18.4 Å². The van der Waals surface area contributed by atoms with Crippen molar-refractivity contribution in [1.82, 2.24) is 39.7 Å². The Morgan fingerprint density at radius 1 is 1.02 bits per heavy atom. The fraction of sp³-hybridized carbons (Fsp3) is 0.300. The SMILES string of the molecule is CC(=O)c1c([C@H]2C[C@H]3CC[C@@H](C2)N3C(=O)c2nnc(C)[nH]2)nc2c(-c3ccc(-c4ccc(F)cc4F)nc3)cnn2c1N. The molecule has 218 valence electrons. The van der Waals surface area contributed by atoms with Crippen LogP contribution in [0.25, 0.3) is 28.0 Å². The van der Waals surface area contributed by atoms with Gasteiger partial charge in [0.2, 0.25) is 5.82 Å². The molecule has 6 heterocycles. The minimum atomic E-state index is -0.704. The molecule has 2 aliphatic rings. The van der Waals surface area contributed by atoms with Crippen LogP contribution in [0.1, 0.15) is 71.0 Å². The van der Waals surface area contributed by atoms with Crippen LogP contribution in [0.4, 0.5) is 14.6 Å². The van der Waals surface area contributed by atoms with Gasteiger partial charge >= 0.3 is 0 Å². The second kappa shape index (κ2) is 10.0. The van der Waals surface area contributed by atoms with Crippen LogP contribution in [0, 0.1) is 18.6 Å². The number of nitrogens with zero attached hydrogens (tertiary/aromatic N) is 7. The summed E-state index contributed by atoms with van der Waals surface area (Å²) in [5.41, 5.74) is 9.77. The molecular formula is C30H27F2N9O2.